The number of hydrogen-bond acceptors (Lipinski definition) is 2. The van der Waals surface area contributed by atoms with Gasteiger partial charge < -0.3 is 24.0 Å². The standard InChI is InChI=1S/C19H18NOS.HI/c1-14-11-16-5-3-4-6-17(16)12-20(14)13-19(21)15-7-9-18(22-2)10-8-15;/h3-12H,13H2,1-2H3;1H/q+1;/p-1. The Kier molecular flexibility index (Phi) is 6.18. The van der Waals surface area contributed by atoms with Crippen molar-refractivity contribution >= 4 is 28.3 Å². The molecule has 0 bridgehead atoms. The predicted octanol–water partition coefficient (Wildman–Crippen LogP) is 1.04. The first-order valence-electron chi connectivity index (χ1n) is 7.23. The maximum absolute atomic E-state index is 12.5. The Bertz CT molecular complexity index is 830. The van der Waals surface area contributed by atoms with Crippen LogP contribution in [0.25, 0.3) is 10.8 Å². The number of aryl methyl sites for hydroxylation is 1. The normalized spacial score (nSPS) is 10.3. The molecule has 4 heteroatoms. The molecule has 3 aromatic rings. The molecule has 2 aromatic carbocycles. The maximum atomic E-state index is 12.5. The van der Waals surface area contributed by atoms with Crippen molar-refractivity contribution < 1.29 is 33.3 Å². The fraction of sp³-hybridized carbons (Fsp3) is 0.158. The molecule has 0 atom stereocenters. The van der Waals surface area contributed by atoms with Crippen LogP contribution in [0.5, 0.6) is 0 Å². The number of thioether (sulfide) groups is 1. The lowest BCUT2D eigenvalue weighted by Gasteiger charge is -2.04. The van der Waals surface area contributed by atoms with Crippen molar-refractivity contribution in [3.05, 3.63) is 72.1 Å². The van der Waals surface area contributed by atoms with Gasteiger partial charge in [0, 0.05) is 28.8 Å². The number of benzene rings is 2. The quantitative estimate of drug-likeness (QED) is 0.265. The van der Waals surface area contributed by atoms with E-state index in [0.717, 1.165) is 16.6 Å². The highest BCUT2D eigenvalue weighted by molar-refractivity contribution is 7.98. The lowest BCUT2D eigenvalue weighted by Crippen LogP contribution is -3.00. The number of hydrogen-bond donors (Lipinski definition) is 0. The second-order valence-corrected chi connectivity index (χ2v) is 6.20. The number of carbonyl (C=O) groups excluding carboxylic acids is 1. The van der Waals surface area contributed by atoms with E-state index in [0.29, 0.717) is 6.54 Å². The van der Waals surface area contributed by atoms with E-state index >= 15 is 0 Å². The van der Waals surface area contributed by atoms with E-state index in [9.17, 15) is 4.79 Å². The molecule has 1 heterocycles. The topological polar surface area (TPSA) is 20.9 Å². The molecule has 0 saturated carbocycles. The molecule has 0 fully saturated rings. The molecule has 2 nitrogen and oxygen atoms in total. The Morgan fingerprint density at radius 1 is 1.04 bits per heavy atom. The highest BCUT2D eigenvalue weighted by Crippen LogP contribution is 2.16. The van der Waals surface area contributed by atoms with Gasteiger partial charge in [-0.1, -0.05) is 30.3 Å². The summed E-state index contributed by atoms with van der Waals surface area (Å²) in [5.41, 5.74) is 1.85. The van der Waals surface area contributed by atoms with Crippen LogP contribution >= 0.6 is 11.8 Å². The summed E-state index contributed by atoms with van der Waals surface area (Å²) < 4.78 is 2.02. The number of aromatic nitrogens is 1. The smallest absolute Gasteiger partial charge is 0.227 e. The third-order valence-corrected chi connectivity index (χ3v) is 4.58. The minimum absolute atomic E-state index is 0. The van der Waals surface area contributed by atoms with Gasteiger partial charge in [0.2, 0.25) is 12.3 Å². The number of ketones is 1. The van der Waals surface area contributed by atoms with Crippen LogP contribution in [0.3, 0.4) is 0 Å². The molecule has 0 saturated heterocycles. The van der Waals surface area contributed by atoms with E-state index in [4.69, 9.17) is 0 Å². The van der Waals surface area contributed by atoms with Gasteiger partial charge in [-0.05, 0) is 29.8 Å². The van der Waals surface area contributed by atoms with Gasteiger partial charge in [-0.15, -0.1) is 11.8 Å². The minimum atomic E-state index is 0. The SMILES string of the molecule is CSc1ccc(C(=O)C[n+]2cc3ccccc3cc2C)cc1.[I-]. The van der Waals surface area contributed by atoms with Crippen molar-refractivity contribution in [2.24, 2.45) is 0 Å². The summed E-state index contributed by atoms with van der Waals surface area (Å²) in [6, 6.07) is 18.1. The molecule has 0 N–H and O–H groups in total. The molecule has 1 aromatic heterocycles. The highest BCUT2D eigenvalue weighted by atomic mass is 127. The van der Waals surface area contributed by atoms with Crippen LogP contribution < -0.4 is 28.5 Å². The second kappa shape index (κ2) is 7.93. The van der Waals surface area contributed by atoms with Gasteiger partial charge in [0.15, 0.2) is 11.9 Å². The summed E-state index contributed by atoms with van der Waals surface area (Å²) in [5.74, 6) is 0.135. The maximum Gasteiger partial charge on any atom is 0.227 e. The van der Waals surface area contributed by atoms with Gasteiger partial charge in [0.1, 0.15) is 0 Å². The molecule has 0 aliphatic rings. The predicted molar refractivity (Wildman–Crippen MR) is 91.4 cm³/mol. The monoisotopic (exact) mass is 435 g/mol. The summed E-state index contributed by atoms with van der Waals surface area (Å²) in [6.45, 7) is 2.41. The lowest BCUT2D eigenvalue weighted by atomic mass is 10.1. The van der Waals surface area contributed by atoms with Crippen molar-refractivity contribution in [3.63, 3.8) is 0 Å². The lowest BCUT2D eigenvalue weighted by molar-refractivity contribution is -0.687. The number of nitrogens with zero attached hydrogens (tertiary/aromatic N) is 1. The van der Waals surface area contributed by atoms with Crippen LogP contribution in [0.1, 0.15) is 16.1 Å². The Hall–Kier alpha value is -1.40. The zero-order valence-electron chi connectivity index (χ0n) is 13.1. The van der Waals surface area contributed by atoms with Gasteiger partial charge in [-0.2, -0.15) is 4.57 Å². The van der Waals surface area contributed by atoms with Crippen molar-refractivity contribution in [2.45, 2.75) is 18.4 Å². The Balaban J connectivity index is 0.00000192. The molecule has 118 valence electrons. The van der Waals surface area contributed by atoms with Gasteiger partial charge in [0.05, 0.1) is 0 Å². The molecule has 0 aliphatic heterocycles. The number of pyridine rings is 1. The van der Waals surface area contributed by atoms with E-state index in [-0.39, 0.29) is 29.8 Å². The molecule has 0 spiro atoms. The van der Waals surface area contributed by atoms with Crippen molar-refractivity contribution in [1.29, 1.82) is 0 Å². The first-order chi connectivity index (χ1) is 10.7. The molecule has 0 radical (unpaired) electrons. The average molecular weight is 435 g/mol. The first-order valence-corrected chi connectivity index (χ1v) is 8.46. The molecule has 0 unspecified atom stereocenters. The van der Waals surface area contributed by atoms with E-state index in [1.807, 2.05) is 54.1 Å². The van der Waals surface area contributed by atoms with Crippen molar-refractivity contribution in [1.82, 2.24) is 0 Å². The fourth-order valence-electron chi connectivity index (χ4n) is 2.53. The number of Topliss-reactive ketones (excluding diaryl/α,β-unsaturated/α-hetero) is 1. The van der Waals surface area contributed by atoms with Gasteiger partial charge in [-0.25, -0.2) is 0 Å². The zero-order valence-corrected chi connectivity index (χ0v) is 16.1. The molecule has 0 amide bonds. The first kappa shape index (κ1) is 17.9. The molecule has 0 aliphatic carbocycles. The van der Waals surface area contributed by atoms with Crippen molar-refractivity contribution in [3.8, 4) is 0 Å². The largest absolute Gasteiger partial charge is 1.00 e. The Morgan fingerprint density at radius 2 is 1.70 bits per heavy atom. The van der Waals surface area contributed by atoms with E-state index < -0.39 is 0 Å². The van der Waals surface area contributed by atoms with Crippen LogP contribution in [0.15, 0.2) is 65.7 Å². The van der Waals surface area contributed by atoms with Gasteiger partial charge in [-0.3, -0.25) is 4.79 Å². The Labute approximate surface area is 157 Å². The number of carbonyl (C=O) groups is 1. The van der Waals surface area contributed by atoms with Gasteiger partial charge >= 0.3 is 0 Å². The number of fused-ring (bicyclic) bond motifs is 1. The molecular formula is C19H18INOS. The summed E-state index contributed by atoms with van der Waals surface area (Å²) in [5, 5.41) is 2.35. The summed E-state index contributed by atoms with van der Waals surface area (Å²) in [6.07, 6.45) is 4.09. The Morgan fingerprint density at radius 3 is 2.35 bits per heavy atom. The zero-order chi connectivity index (χ0) is 15.5. The summed E-state index contributed by atoms with van der Waals surface area (Å²) >= 11 is 1.68. The summed E-state index contributed by atoms with van der Waals surface area (Å²) in [4.78, 5) is 13.6. The van der Waals surface area contributed by atoms with Crippen molar-refractivity contribution in [2.75, 3.05) is 6.26 Å². The third kappa shape index (κ3) is 4.12. The van der Waals surface area contributed by atoms with Crippen LogP contribution in [0.4, 0.5) is 0 Å². The molecule has 23 heavy (non-hydrogen) atoms. The van der Waals surface area contributed by atoms with E-state index in [1.54, 1.807) is 11.8 Å². The van der Waals surface area contributed by atoms with Crippen LogP contribution in [-0.2, 0) is 6.54 Å². The van der Waals surface area contributed by atoms with Crippen LogP contribution in [-0.4, -0.2) is 12.0 Å². The highest BCUT2D eigenvalue weighted by Gasteiger charge is 2.15. The van der Waals surface area contributed by atoms with Gasteiger partial charge in [0.25, 0.3) is 0 Å². The third-order valence-electron chi connectivity index (χ3n) is 3.83. The number of rotatable bonds is 4. The minimum Gasteiger partial charge on any atom is -1.00 e. The van der Waals surface area contributed by atoms with E-state index in [1.165, 1.54) is 10.3 Å². The number of halogens is 1. The fourth-order valence-corrected chi connectivity index (χ4v) is 2.94. The van der Waals surface area contributed by atoms with Crippen LogP contribution in [0.2, 0.25) is 0 Å². The summed E-state index contributed by atoms with van der Waals surface area (Å²) in [7, 11) is 0. The van der Waals surface area contributed by atoms with Crippen LogP contribution in [0, 0.1) is 6.92 Å². The molecule has 3 rings (SSSR count). The van der Waals surface area contributed by atoms with E-state index in [2.05, 4.69) is 24.4 Å². The second-order valence-electron chi connectivity index (χ2n) is 5.32. The molecular weight excluding hydrogens is 417 g/mol. The average Bonchev–Trinajstić information content (AvgIpc) is 2.55.